The molecule has 2 aliphatic carbocycles. The lowest BCUT2D eigenvalue weighted by Crippen LogP contribution is -2.42. The van der Waals surface area contributed by atoms with Crippen molar-refractivity contribution in [2.75, 3.05) is 6.61 Å². The number of hydrogen-bond acceptors (Lipinski definition) is 2. The molecule has 2 saturated carbocycles. The van der Waals surface area contributed by atoms with Crippen molar-refractivity contribution >= 4 is 11.8 Å². The first-order valence-corrected chi connectivity index (χ1v) is 10.3. The second-order valence-corrected chi connectivity index (χ2v) is 10.5. The van der Waals surface area contributed by atoms with Crippen LogP contribution in [0.5, 0.6) is 0 Å². The largest absolute Gasteiger partial charge is 0.376 e. The second kappa shape index (κ2) is 7.01. The van der Waals surface area contributed by atoms with Gasteiger partial charge >= 0.3 is 0 Å². The maximum Gasteiger partial charge on any atom is 0.0765 e. The van der Waals surface area contributed by atoms with E-state index in [1.54, 1.807) is 0 Å². The Morgan fingerprint density at radius 1 is 1.22 bits per heavy atom. The van der Waals surface area contributed by atoms with Gasteiger partial charge in [-0.1, -0.05) is 72.6 Å². The summed E-state index contributed by atoms with van der Waals surface area (Å²) in [6, 6.07) is 0. The summed E-state index contributed by atoms with van der Waals surface area (Å²) in [5.74, 6) is 4.10. The first kappa shape index (κ1) is 19.2. The molecule has 2 fully saturated rings. The number of rotatable bonds is 5. The maximum absolute atomic E-state index is 6.54. The first-order chi connectivity index (χ1) is 10.6. The lowest BCUT2D eigenvalue weighted by atomic mass is 9.70. The molecular weight excluding hydrogens is 300 g/mol. The molecule has 0 N–H and O–H groups in total. The standard InChI is InChI=1S/C21H36OS/c1-8-9-10-11-14-23-17-16-12-13-21(7,20(16,5)6)18(17)22-15-19(2,3)4/h16-18H,8-10,12-13,15H2,1-7H3/t16-,17-,18-,21+/m1/s1. The smallest absolute Gasteiger partial charge is 0.0765 e. The van der Waals surface area contributed by atoms with Gasteiger partial charge in [0.05, 0.1) is 12.7 Å². The van der Waals surface area contributed by atoms with Crippen molar-refractivity contribution in [2.24, 2.45) is 22.2 Å². The maximum atomic E-state index is 6.54. The van der Waals surface area contributed by atoms with E-state index in [1.807, 2.05) is 11.8 Å². The molecule has 0 aliphatic heterocycles. The van der Waals surface area contributed by atoms with E-state index in [1.165, 1.54) is 25.7 Å². The highest BCUT2D eigenvalue weighted by Crippen LogP contribution is 2.68. The summed E-state index contributed by atoms with van der Waals surface area (Å²) in [6.45, 7) is 17.2. The zero-order valence-corrected chi connectivity index (χ0v) is 17.1. The predicted octanol–water partition coefficient (Wildman–Crippen LogP) is 6.13. The molecule has 0 amide bonds. The molecule has 2 aliphatic rings. The van der Waals surface area contributed by atoms with E-state index in [-0.39, 0.29) is 5.41 Å². The fraction of sp³-hybridized carbons (Fsp3) is 0.905. The Kier molecular flexibility index (Phi) is 5.85. The van der Waals surface area contributed by atoms with Crippen molar-refractivity contribution in [1.82, 2.24) is 0 Å². The molecule has 132 valence electrons. The normalized spacial score (nSPS) is 35.2. The van der Waals surface area contributed by atoms with Gasteiger partial charge in [0.1, 0.15) is 0 Å². The van der Waals surface area contributed by atoms with Crippen LogP contribution in [0.25, 0.3) is 0 Å². The molecule has 23 heavy (non-hydrogen) atoms. The van der Waals surface area contributed by atoms with Crippen molar-refractivity contribution in [3.8, 4) is 11.2 Å². The van der Waals surface area contributed by atoms with Crippen LogP contribution in [-0.4, -0.2) is 18.0 Å². The number of thioether (sulfide) groups is 1. The topological polar surface area (TPSA) is 9.23 Å². The third-order valence-electron chi connectivity index (χ3n) is 6.31. The lowest BCUT2D eigenvalue weighted by molar-refractivity contribution is -0.0669. The molecule has 0 heterocycles. The molecule has 1 nitrogen and oxygen atoms in total. The van der Waals surface area contributed by atoms with E-state index in [9.17, 15) is 0 Å². The van der Waals surface area contributed by atoms with Crippen molar-refractivity contribution in [3.63, 3.8) is 0 Å². The summed E-state index contributed by atoms with van der Waals surface area (Å²) >= 11 is 1.87. The van der Waals surface area contributed by atoms with Gasteiger partial charge in [0.15, 0.2) is 0 Å². The van der Waals surface area contributed by atoms with Gasteiger partial charge in [0.25, 0.3) is 0 Å². The molecule has 2 rings (SSSR count). The quantitative estimate of drug-likeness (QED) is 0.441. The summed E-state index contributed by atoms with van der Waals surface area (Å²) in [6.07, 6.45) is 6.48. The summed E-state index contributed by atoms with van der Waals surface area (Å²) in [5.41, 5.74) is 0.883. The minimum atomic E-state index is 0.227. The third-order valence-corrected chi connectivity index (χ3v) is 7.43. The molecule has 0 aromatic carbocycles. The summed E-state index contributed by atoms with van der Waals surface area (Å²) in [4.78, 5) is 0. The average molecular weight is 337 g/mol. The number of ether oxygens (including phenoxy) is 1. The highest BCUT2D eigenvalue weighted by atomic mass is 32.2. The number of hydrogen-bond donors (Lipinski definition) is 0. The Labute approximate surface area is 148 Å². The minimum absolute atomic E-state index is 0.227. The highest BCUT2D eigenvalue weighted by Gasteiger charge is 2.66. The van der Waals surface area contributed by atoms with Crippen LogP contribution in [0, 0.1) is 33.3 Å². The van der Waals surface area contributed by atoms with Crippen molar-refractivity contribution in [1.29, 1.82) is 0 Å². The summed E-state index contributed by atoms with van der Waals surface area (Å²) in [5, 5.41) is 3.96. The van der Waals surface area contributed by atoms with Crippen molar-refractivity contribution in [2.45, 2.75) is 91.9 Å². The average Bonchev–Trinajstić information content (AvgIpc) is 2.75. The van der Waals surface area contributed by atoms with Gasteiger partial charge in [-0.05, 0) is 41.3 Å². The van der Waals surface area contributed by atoms with Gasteiger partial charge in [-0.15, -0.1) is 0 Å². The lowest BCUT2D eigenvalue weighted by Gasteiger charge is -2.40. The van der Waals surface area contributed by atoms with Crippen LogP contribution >= 0.6 is 11.8 Å². The molecule has 0 unspecified atom stereocenters. The SMILES string of the molecule is CCCCC#CS[C@@H]1[C@H]2CC[C@@](C)([C@@H]1OCC(C)(C)C)C2(C)C. The van der Waals surface area contributed by atoms with Crippen LogP contribution in [0.3, 0.4) is 0 Å². The van der Waals surface area contributed by atoms with Crippen molar-refractivity contribution in [3.05, 3.63) is 0 Å². The Morgan fingerprint density at radius 3 is 2.52 bits per heavy atom. The van der Waals surface area contributed by atoms with Crippen LogP contribution < -0.4 is 0 Å². The Bertz CT molecular complexity index is 464. The fourth-order valence-corrected chi connectivity index (χ4v) is 5.87. The molecule has 0 radical (unpaired) electrons. The number of fused-ring (bicyclic) bond motifs is 2. The Morgan fingerprint density at radius 2 is 1.91 bits per heavy atom. The zero-order valence-electron chi connectivity index (χ0n) is 16.3. The van der Waals surface area contributed by atoms with E-state index in [0.717, 1.165) is 18.9 Å². The monoisotopic (exact) mass is 336 g/mol. The summed E-state index contributed by atoms with van der Waals surface area (Å²) in [7, 11) is 0. The molecule has 0 aromatic rings. The molecule has 2 bridgehead atoms. The first-order valence-electron chi connectivity index (χ1n) is 9.38. The van der Waals surface area contributed by atoms with Gasteiger partial charge in [0, 0.05) is 17.1 Å². The molecule has 2 heteroatoms. The fourth-order valence-electron chi connectivity index (χ4n) is 4.41. The van der Waals surface area contributed by atoms with Gasteiger partial charge in [-0.3, -0.25) is 0 Å². The third kappa shape index (κ3) is 3.77. The van der Waals surface area contributed by atoms with E-state index in [2.05, 4.69) is 59.6 Å². The molecule has 0 aromatic heterocycles. The summed E-state index contributed by atoms with van der Waals surface area (Å²) < 4.78 is 6.54. The van der Waals surface area contributed by atoms with Gasteiger partial charge in [-0.25, -0.2) is 0 Å². The van der Waals surface area contributed by atoms with Crippen LogP contribution in [0.4, 0.5) is 0 Å². The van der Waals surface area contributed by atoms with Gasteiger partial charge < -0.3 is 4.74 Å². The van der Waals surface area contributed by atoms with Crippen LogP contribution in [0.1, 0.15) is 80.6 Å². The number of unbranched alkanes of at least 4 members (excludes halogenated alkanes) is 2. The Hall–Kier alpha value is -0.130. The minimum Gasteiger partial charge on any atom is -0.376 e. The highest BCUT2D eigenvalue weighted by molar-refractivity contribution is 8.04. The second-order valence-electron chi connectivity index (χ2n) is 9.54. The van der Waals surface area contributed by atoms with Crippen LogP contribution in [0.2, 0.25) is 0 Å². The van der Waals surface area contributed by atoms with E-state index in [0.29, 0.717) is 22.2 Å². The molecular formula is C21H36OS. The van der Waals surface area contributed by atoms with Gasteiger partial charge in [0.2, 0.25) is 0 Å². The van der Waals surface area contributed by atoms with E-state index < -0.39 is 0 Å². The van der Waals surface area contributed by atoms with E-state index in [4.69, 9.17) is 4.74 Å². The van der Waals surface area contributed by atoms with Crippen LogP contribution in [-0.2, 0) is 4.74 Å². The Balaban J connectivity index is 2.11. The molecule has 0 spiro atoms. The van der Waals surface area contributed by atoms with Crippen molar-refractivity contribution < 1.29 is 4.74 Å². The van der Waals surface area contributed by atoms with Gasteiger partial charge in [-0.2, -0.15) is 0 Å². The van der Waals surface area contributed by atoms with E-state index >= 15 is 0 Å². The molecule has 0 saturated heterocycles. The zero-order chi connectivity index (χ0) is 17.3. The molecule has 4 atom stereocenters. The van der Waals surface area contributed by atoms with Crippen LogP contribution in [0.15, 0.2) is 0 Å². The predicted molar refractivity (Wildman–Crippen MR) is 102 cm³/mol.